The van der Waals surface area contributed by atoms with Crippen molar-refractivity contribution in [1.82, 2.24) is 4.90 Å². The predicted octanol–water partition coefficient (Wildman–Crippen LogP) is 6.08. The van der Waals surface area contributed by atoms with E-state index in [1.165, 1.54) is 28.2 Å². The van der Waals surface area contributed by atoms with Crippen LogP contribution < -0.4 is 4.74 Å². The fourth-order valence-electron chi connectivity index (χ4n) is 4.94. The molecule has 0 spiro atoms. The molecule has 194 valence electrons. The van der Waals surface area contributed by atoms with Gasteiger partial charge >= 0.3 is 5.97 Å². The van der Waals surface area contributed by atoms with E-state index in [1.807, 2.05) is 0 Å². The van der Waals surface area contributed by atoms with Crippen molar-refractivity contribution in [3.8, 4) is 5.75 Å². The highest BCUT2D eigenvalue weighted by Crippen LogP contribution is 2.36. The lowest BCUT2D eigenvalue weighted by molar-refractivity contribution is -0.137. The standard InChI is InChI=1S/C31H34FNO4/c1-21(2)15-22-7-9-23(10-8-22)18-31(3)14-13-25-17-26(11-12-28(25)37-31)30(36)33(20-29(34)35)19-24-5-4-6-27(32)16-24/h4-12,16-17,21H,13-15,18-20H2,1-3H3,(H,34,35)/t31-/m1/s1. The van der Waals surface area contributed by atoms with Gasteiger partial charge in [0.1, 0.15) is 23.7 Å². The Balaban J connectivity index is 1.47. The summed E-state index contributed by atoms with van der Waals surface area (Å²) >= 11 is 0. The Morgan fingerprint density at radius 3 is 2.43 bits per heavy atom. The van der Waals surface area contributed by atoms with Crippen molar-refractivity contribution in [1.29, 1.82) is 0 Å². The Morgan fingerprint density at radius 1 is 1.03 bits per heavy atom. The fourth-order valence-corrected chi connectivity index (χ4v) is 4.94. The highest BCUT2D eigenvalue weighted by molar-refractivity contribution is 5.96. The highest BCUT2D eigenvalue weighted by Gasteiger charge is 2.32. The van der Waals surface area contributed by atoms with Crippen molar-refractivity contribution < 1.29 is 23.8 Å². The third-order valence-electron chi connectivity index (χ3n) is 6.71. The number of rotatable bonds is 9. The number of aliphatic carboxylic acids is 1. The van der Waals surface area contributed by atoms with Crippen molar-refractivity contribution in [2.24, 2.45) is 5.92 Å². The Hall–Kier alpha value is -3.67. The van der Waals surface area contributed by atoms with Crippen LogP contribution in [0.5, 0.6) is 5.75 Å². The normalized spacial score (nSPS) is 16.7. The molecule has 0 radical (unpaired) electrons. The molecule has 6 heteroatoms. The molecule has 0 saturated carbocycles. The number of benzene rings is 3. The second kappa shape index (κ2) is 11.2. The van der Waals surface area contributed by atoms with Crippen LogP contribution in [-0.4, -0.2) is 34.0 Å². The van der Waals surface area contributed by atoms with Gasteiger partial charge in [0.25, 0.3) is 5.91 Å². The first-order valence-corrected chi connectivity index (χ1v) is 12.8. The number of hydrogen-bond acceptors (Lipinski definition) is 3. The van der Waals surface area contributed by atoms with Crippen LogP contribution in [0.4, 0.5) is 4.39 Å². The number of amides is 1. The summed E-state index contributed by atoms with van der Waals surface area (Å²) in [6.45, 7) is 6.08. The number of halogens is 1. The summed E-state index contributed by atoms with van der Waals surface area (Å²) in [4.78, 5) is 25.9. The zero-order valence-corrected chi connectivity index (χ0v) is 21.7. The first-order valence-electron chi connectivity index (χ1n) is 12.8. The first-order chi connectivity index (χ1) is 17.6. The second-order valence-corrected chi connectivity index (χ2v) is 10.7. The maximum Gasteiger partial charge on any atom is 0.323 e. The average Bonchev–Trinajstić information content (AvgIpc) is 2.83. The van der Waals surface area contributed by atoms with Gasteiger partial charge in [-0.15, -0.1) is 0 Å². The number of carbonyl (C=O) groups is 2. The molecule has 0 bridgehead atoms. The molecular formula is C31H34FNO4. The molecule has 1 aliphatic heterocycles. The molecule has 0 unspecified atom stereocenters. The van der Waals surface area contributed by atoms with Gasteiger partial charge in [0.15, 0.2) is 0 Å². The maximum absolute atomic E-state index is 13.6. The first kappa shape index (κ1) is 26.4. The van der Waals surface area contributed by atoms with E-state index in [4.69, 9.17) is 4.74 Å². The summed E-state index contributed by atoms with van der Waals surface area (Å²) in [6.07, 6.45) is 3.40. The van der Waals surface area contributed by atoms with Gasteiger partial charge < -0.3 is 14.7 Å². The van der Waals surface area contributed by atoms with Crippen LogP contribution in [0.3, 0.4) is 0 Å². The number of carboxylic acids is 1. The summed E-state index contributed by atoms with van der Waals surface area (Å²) in [5.41, 5.74) is 4.06. The van der Waals surface area contributed by atoms with E-state index < -0.39 is 24.2 Å². The van der Waals surface area contributed by atoms with Gasteiger partial charge in [0, 0.05) is 18.5 Å². The zero-order chi connectivity index (χ0) is 26.6. The van der Waals surface area contributed by atoms with Crippen LogP contribution in [0.15, 0.2) is 66.7 Å². The molecule has 1 heterocycles. The number of fused-ring (bicyclic) bond motifs is 1. The maximum atomic E-state index is 13.6. The molecule has 0 aromatic heterocycles. The second-order valence-electron chi connectivity index (χ2n) is 10.7. The van der Waals surface area contributed by atoms with Crippen LogP contribution in [0, 0.1) is 11.7 Å². The highest BCUT2D eigenvalue weighted by atomic mass is 19.1. The molecule has 1 atom stereocenters. The Morgan fingerprint density at radius 2 is 1.76 bits per heavy atom. The van der Waals surface area contributed by atoms with E-state index in [9.17, 15) is 19.1 Å². The third-order valence-corrected chi connectivity index (χ3v) is 6.71. The lowest BCUT2D eigenvalue weighted by Crippen LogP contribution is -2.39. The minimum absolute atomic E-state index is 0.00447. The Labute approximate surface area is 217 Å². The van der Waals surface area contributed by atoms with E-state index in [0.29, 0.717) is 17.0 Å². The molecule has 5 nitrogen and oxygen atoms in total. The van der Waals surface area contributed by atoms with Crippen LogP contribution in [0.1, 0.15) is 59.8 Å². The van der Waals surface area contributed by atoms with E-state index in [-0.39, 0.29) is 12.1 Å². The lowest BCUT2D eigenvalue weighted by atomic mass is 9.86. The summed E-state index contributed by atoms with van der Waals surface area (Å²) < 4.78 is 20.0. The van der Waals surface area contributed by atoms with Gasteiger partial charge in [-0.25, -0.2) is 4.39 Å². The van der Waals surface area contributed by atoms with Crippen LogP contribution in [-0.2, 0) is 30.6 Å². The topological polar surface area (TPSA) is 66.8 Å². The molecular weight excluding hydrogens is 469 g/mol. The monoisotopic (exact) mass is 503 g/mol. The molecule has 1 N–H and O–H groups in total. The number of aryl methyl sites for hydroxylation is 1. The molecule has 3 aromatic rings. The number of hydrogen-bond donors (Lipinski definition) is 1. The molecule has 1 aliphatic rings. The number of nitrogens with zero attached hydrogens (tertiary/aromatic N) is 1. The van der Waals surface area contributed by atoms with E-state index in [2.05, 4.69) is 45.0 Å². The number of carbonyl (C=O) groups excluding carboxylic acids is 1. The molecule has 0 fully saturated rings. The summed E-state index contributed by atoms with van der Waals surface area (Å²) in [6, 6.07) is 19.8. The lowest BCUT2D eigenvalue weighted by Gasteiger charge is -2.36. The molecule has 3 aromatic carbocycles. The third kappa shape index (κ3) is 6.97. The smallest absolute Gasteiger partial charge is 0.323 e. The molecule has 1 amide bonds. The van der Waals surface area contributed by atoms with Crippen LogP contribution in [0.25, 0.3) is 0 Å². The zero-order valence-electron chi connectivity index (χ0n) is 21.7. The summed E-state index contributed by atoms with van der Waals surface area (Å²) in [7, 11) is 0. The number of carboxylic acid groups (broad SMARTS) is 1. The van der Waals surface area contributed by atoms with Gasteiger partial charge in [0.05, 0.1) is 0 Å². The Kier molecular flexibility index (Phi) is 7.96. The van der Waals surface area contributed by atoms with Crippen molar-refractivity contribution in [2.45, 2.75) is 58.6 Å². The average molecular weight is 504 g/mol. The van der Waals surface area contributed by atoms with Gasteiger partial charge in [-0.2, -0.15) is 0 Å². The molecule has 4 rings (SSSR count). The minimum Gasteiger partial charge on any atom is -0.487 e. The van der Waals surface area contributed by atoms with Crippen LogP contribution >= 0.6 is 0 Å². The van der Waals surface area contributed by atoms with Crippen molar-refractivity contribution in [2.75, 3.05) is 6.54 Å². The fraction of sp³-hybridized carbons (Fsp3) is 0.355. The largest absolute Gasteiger partial charge is 0.487 e. The molecule has 0 aliphatic carbocycles. The molecule has 0 saturated heterocycles. The minimum atomic E-state index is -1.13. The van der Waals surface area contributed by atoms with Crippen LogP contribution in [0.2, 0.25) is 0 Å². The summed E-state index contributed by atoms with van der Waals surface area (Å²) in [5, 5.41) is 9.35. The van der Waals surface area contributed by atoms with E-state index >= 15 is 0 Å². The van der Waals surface area contributed by atoms with E-state index in [1.54, 1.807) is 30.3 Å². The van der Waals surface area contributed by atoms with Gasteiger partial charge in [-0.3, -0.25) is 9.59 Å². The summed E-state index contributed by atoms with van der Waals surface area (Å²) in [5.74, 6) is -0.600. The predicted molar refractivity (Wildman–Crippen MR) is 141 cm³/mol. The van der Waals surface area contributed by atoms with Crippen molar-refractivity contribution >= 4 is 11.9 Å². The van der Waals surface area contributed by atoms with Crippen molar-refractivity contribution in [3.63, 3.8) is 0 Å². The quantitative estimate of drug-likeness (QED) is 0.384. The SMILES string of the molecule is CC(C)Cc1ccc(C[C@@]2(C)CCc3cc(C(=O)N(CC(=O)O)Cc4cccc(F)c4)ccc3O2)cc1. The molecule has 37 heavy (non-hydrogen) atoms. The van der Waals surface area contributed by atoms with E-state index in [0.717, 1.165) is 37.0 Å². The van der Waals surface area contributed by atoms with Crippen molar-refractivity contribution in [3.05, 3.63) is 100 Å². The Bertz CT molecular complexity index is 1270. The van der Waals surface area contributed by atoms with Gasteiger partial charge in [0.2, 0.25) is 0 Å². The number of ether oxygens (including phenoxy) is 1. The van der Waals surface area contributed by atoms with Gasteiger partial charge in [-0.1, -0.05) is 50.2 Å². The van der Waals surface area contributed by atoms with Gasteiger partial charge in [-0.05, 0) is 84.7 Å².